The maximum Gasteiger partial charge on any atom is 0.231 e. The number of anilines is 1. The second-order valence-corrected chi connectivity index (χ2v) is 6.10. The van der Waals surface area contributed by atoms with Crippen LogP contribution in [-0.2, 0) is 0 Å². The average Bonchev–Trinajstić information content (AvgIpc) is 3.11. The van der Waals surface area contributed by atoms with Crippen LogP contribution in [-0.4, -0.2) is 54.5 Å². The molecule has 2 aromatic rings. The molecule has 1 aromatic heterocycles. The van der Waals surface area contributed by atoms with Gasteiger partial charge in [-0.2, -0.15) is 0 Å². The number of fused-ring (bicyclic) bond motifs is 1. The van der Waals surface area contributed by atoms with E-state index in [0.717, 1.165) is 43.3 Å². The summed E-state index contributed by atoms with van der Waals surface area (Å²) < 4.78 is 10.7. The van der Waals surface area contributed by atoms with Gasteiger partial charge in [-0.3, -0.25) is 4.90 Å². The third-order valence-electron chi connectivity index (χ3n) is 4.56. The summed E-state index contributed by atoms with van der Waals surface area (Å²) in [5, 5.41) is 10.5. The van der Waals surface area contributed by atoms with Crippen LogP contribution in [0.1, 0.15) is 11.7 Å². The lowest BCUT2D eigenvalue weighted by Gasteiger charge is -2.36. The van der Waals surface area contributed by atoms with Crippen molar-refractivity contribution in [1.29, 1.82) is 0 Å². The third-order valence-corrected chi connectivity index (χ3v) is 4.56. The first-order valence-corrected chi connectivity index (χ1v) is 8.25. The number of nitrogens with zero attached hydrogens (tertiary/aromatic N) is 3. The molecule has 0 amide bonds. The summed E-state index contributed by atoms with van der Waals surface area (Å²) in [6.07, 6.45) is 1.30. The minimum atomic E-state index is -0.527. The SMILES string of the molecule is OC(CN1CCN(c2ccccn2)CC1)c1ccc2c(c1)OCO2. The van der Waals surface area contributed by atoms with Crippen molar-refractivity contribution in [3.63, 3.8) is 0 Å². The van der Waals surface area contributed by atoms with Crippen molar-refractivity contribution < 1.29 is 14.6 Å². The van der Waals surface area contributed by atoms with Gasteiger partial charge in [0.1, 0.15) is 5.82 Å². The standard InChI is InChI=1S/C18H21N3O3/c22-15(14-4-5-16-17(11-14)24-13-23-16)12-20-7-9-21(10-8-20)18-3-1-2-6-19-18/h1-6,11,15,22H,7-10,12-13H2. The molecule has 1 unspecified atom stereocenters. The van der Waals surface area contributed by atoms with Crippen LogP contribution in [0.2, 0.25) is 0 Å². The van der Waals surface area contributed by atoms with E-state index in [0.29, 0.717) is 12.3 Å². The van der Waals surface area contributed by atoms with E-state index in [4.69, 9.17) is 9.47 Å². The van der Waals surface area contributed by atoms with Gasteiger partial charge in [0.15, 0.2) is 11.5 Å². The van der Waals surface area contributed by atoms with Crippen molar-refractivity contribution in [2.45, 2.75) is 6.10 Å². The summed E-state index contributed by atoms with van der Waals surface area (Å²) in [6, 6.07) is 11.6. The Labute approximate surface area is 141 Å². The highest BCUT2D eigenvalue weighted by atomic mass is 16.7. The van der Waals surface area contributed by atoms with Gasteiger partial charge in [-0.05, 0) is 29.8 Å². The second kappa shape index (κ2) is 6.67. The molecule has 0 aliphatic carbocycles. The van der Waals surface area contributed by atoms with Crippen LogP contribution in [0.25, 0.3) is 0 Å². The molecule has 1 aromatic carbocycles. The number of ether oxygens (including phenoxy) is 2. The molecular formula is C18H21N3O3. The second-order valence-electron chi connectivity index (χ2n) is 6.10. The Balaban J connectivity index is 1.33. The van der Waals surface area contributed by atoms with Crippen LogP contribution >= 0.6 is 0 Å². The molecule has 126 valence electrons. The van der Waals surface area contributed by atoms with Gasteiger partial charge in [-0.15, -0.1) is 0 Å². The highest BCUT2D eigenvalue weighted by Crippen LogP contribution is 2.34. The molecule has 1 atom stereocenters. The Kier molecular flexibility index (Phi) is 4.23. The number of hydrogen-bond donors (Lipinski definition) is 1. The zero-order valence-corrected chi connectivity index (χ0v) is 13.5. The minimum absolute atomic E-state index is 0.254. The largest absolute Gasteiger partial charge is 0.454 e. The van der Waals surface area contributed by atoms with Crippen molar-refractivity contribution in [2.75, 3.05) is 44.4 Å². The van der Waals surface area contributed by atoms with Gasteiger partial charge in [0.25, 0.3) is 0 Å². The number of β-amino-alcohol motifs (C(OH)–C–C–N with tert-alkyl or cyclic N) is 1. The normalized spacial score (nSPS) is 18.6. The fraction of sp³-hybridized carbons (Fsp3) is 0.389. The summed E-state index contributed by atoms with van der Waals surface area (Å²) >= 11 is 0. The van der Waals surface area contributed by atoms with Gasteiger partial charge in [0, 0.05) is 38.9 Å². The molecule has 2 aliphatic rings. The highest BCUT2D eigenvalue weighted by molar-refractivity contribution is 5.45. The van der Waals surface area contributed by atoms with Crippen molar-refractivity contribution >= 4 is 5.82 Å². The zero-order valence-electron chi connectivity index (χ0n) is 13.5. The van der Waals surface area contributed by atoms with Gasteiger partial charge in [-0.25, -0.2) is 4.98 Å². The van der Waals surface area contributed by atoms with Gasteiger partial charge in [0.2, 0.25) is 6.79 Å². The lowest BCUT2D eigenvalue weighted by atomic mass is 10.1. The van der Waals surface area contributed by atoms with Gasteiger partial charge < -0.3 is 19.5 Å². The maximum atomic E-state index is 10.5. The fourth-order valence-electron chi connectivity index (χ4n) is 3.17. The van der Waals surface area contributed by atoms with Crippen LogP contribution in [0.5, 0.6) is 11.5 Å². The van der Waals surface area contributed by atoms with Crippen LogP contribution in [0.3, 0.4) is 0 Å². The first-order valence-electron chi connectivity index (χ1n) is 8.25. The van der Waals surface area contributed by atoms with Crippen LogP contribution in [0, 0.1) is 0 Å². The number of benzene rings is 1. The van der Waals surface area contributed by atoms with Crippen molar-refractivity contribution in [1.82, 2.24) is 9.88 Å². The number of rotatable bonds is 4. The predicted molar refractivity (Wildman–Crippen MR) is 90.4 cm³/mol. The minimum Gasteiger partial charge on any atom is -0.454 e. The number of hydrogen-bond acceptors (Lipinski definition) is 6. The van der Waals surface area contributed by atoms with Crippen molar-refractivity contribution in [2.24, 2.45) is 0 Å². The van der Waals surface area contributed by atoms with E-state index in [1.54, 1.807) is 0 Å². The Morgan fingerprint density at radius 2 is 1.88 bits per heavy atom. The molecule has 0 radical (unpaired) electrons. The van der Waals surface area contributed by atoms with Crippen LogP contribution in [0.15, 0.2) is 42.6 Å². The molecule has 1 fully saturated rings. The summed E-state index contributed by atoms with van der Waals surface area (Å²) in [7, 11) is 0. The molecule has 6 heteroatoms. The van der Waals surface area contributed by atoms with Crippen molar-refractivity contribution in [3.05, 3.63) is 48.2 Å². The molecule has 3 heterocycles. The number of aromatic nitrogens is 1. The summed E-state index contributed by atoms with van der Waals surface area (Å²) in [5.74, 6) is 2.48. The summed E-state index contributed by atoms with van der Waals surface area (Å²) in [5.41, 5.74) is 0.867. The van der Waals surface area contributed by atoms with Crippen LogP contribution < -0.4 is 14.4 Å². The average molecular weight is 327 g/mol. The van der Waals surface area contributed by atoms with Gasteiger partial charge in [-0.1, -0.05) is 12.1 Å². The van der Waals surface area contributed by atoms with E-state index in [2.05, 4.69) is 14.8 Å². The first-order chi connectivity index (χ1) is 11.8. The molecule has 1 saturated heterocycles. The van der Waals surface area contributed by atoms with E-state index >= 15 is 0 Å². The smallest absolute Gasteiger partial charge is 0.231 e. The Morgan fingerprint density at radius 1 is 1.04 bits per heavy atom. The Morgan fingerprint density at radius 3 is 2.67 bits per heavy atom. The molecule has 0 bridgehead atoms. The molecule has 0 saturated carbocycles. The van der Waals surface area contributed by atoms with Crippen molar-refractivity contribution in [3.8, 4) is 11.5 Å². The first kappa shape index (κ1) is 15.2. The summed E-state index contributed by atoms with van der Waals surface area (Å²) in [6.45, 7) is 4.55. The number of aliphatic hydroxyl groups excluding tert-OH is 1. The zero-order chi connectivity index (χ0) is 16.4. The maximum absolute atomic E-state index is 10.5. The quantitative estimate of drug-likeness (QED) is 0.922. The Bertz CT molecular complexity index is 687. The van der Waals surface area contributed by atoms with Gasteiger partial charge in [0.05, 0.1) is 6.10 Å². The Hall–Kier alpha value is -2.31. The summed E-state index contributed by atoms with van der Waals surface area (Å²) in [4.78, 5) is 8.97. The molecule has 24 heavy (non-hydrogen) atoms. The fourth-order valence-corrected chi connectivity index (χ4v) is 3.17. The van der Waals surface area contributed by atoms with Gasteiger partial charge >= 0.3 is 0 Å². The monoisotopic (exact) mass is 327 g/mol. The molecule has 2 aliphatic heterocycles. The van der Waals surface area contributed by atoms with E-state index in [1.165, 1.54) is 0 Å². The number of pyridine rings is 1. The molecule has 4 rings (SSSR count). The molecule has 0 spiro atoms. The topological polar surface area (TPSA) is 58.1 Å². The lowest BCUT2D eigenvalue weighted by molar-refractivity contribution is 0.109. The molecule has 6 nitrogen and oxygen atoms in total. The van der Waals surface area contributed by atoms with Crippen LogP contribution in [0.4, 0.5) is 5.82 Å². The van der Waals surface area contributed by atoms with E-state index < -0.39 is 6.10 Å². The van der Waals surface area contributed by atoms with E-state index in [1.807, 2.05) is 42.6 Å². The lowest BCUT2D eigenvalue weighted by Crippen LogP contribution is -2.47. The predicted octanol–water partition coefficient (Wildman–Crippen LogP) is 1.67. The number of piperazine rings is 1. The van der Waals surface area contributed by atoms with E-state index in [9.17, 15) is 5.11 Å². The molecular weight excluding hydrogens is 306 g/mol. The number of aliphatic hydroxyl groups is 1. The van der Waals surface area contributed by atoms with E-state index in [-0.39, 0.29) is 6.79 Å². The molecule has 1 N–H and O–H groups in total. The highest BCUT2D eigenvalue weighted by Gasteiger charge is 2.22. The third kappa shape index (κ3) is 3.16.